The molecule has 13 heavy (non-hydrogen) atoms. The van der Waals surface area contributed by atoms with E-state index in [0.717, 1.165) is 13.1 Å². The van der Waals surface area contributed by atoms with E-state index in [-0.39, 0.29) is 0 Å². The molecule has 2 heterocycles. The highest BCUT2D eigenvalue weighted by molar-refractivity contribution is 5.75. The molecule has 0 amide bonds. The van der Waals surface area contributed by atoms with Crippen molar-refractivity contribution in [3.05, 3.63) is 0 Å². The molecule has 0 atom stereocenters. The summed E-state index contributed by atoms with van der Waals surface area (Å²) in [6, 6.07) is 0. The molecule has 0 aromatic carbocycles. The zero-order valence-electron chi connectivity index (χ0n) is 7.25. The first-order valence-corrected chi connectivity index (χ1v) is 4.20. The maximum absolute atomic E-state index is 8.44. The molecule has 2 rings (SSSR count). The third kappa shape index (κ3) is 3.18. The predicted molar refractivity (Wildman–Crippen MR) is 43.6 cm³/mol. The lowest BCUT2D eigenvalue weighted by Gasteiger charge is -2.10. The fraction of sp³-hybridized carbons (Fsp3) is 0.714. The largest absolute Gasteiger partial charge is 0.565 e. The Bertz CT molecular complexity index is 207. The SMILES string of the molecule is C1CNC2=[N+](C1)CCN2.O=C([O-])O. The highest BCUT2D eigenvalue weighted by atomic mass is 16.6. The maximum Gasteiger partial charge on any atom is 0.345 e. The maximum atomic E-state index is 8.44. The second-order valence-corrected chi connectivity index (χ2v) is 2.81. The minimum Gasteiger partial charge on any atom is -0.565 e. The number of guanidine groups is 1. The Morgan fingerprint density at radius 3 is 2.62 bits per heavy atom. The van der Waals surface area contributed by atoms with Gasteiger partial charge in [-0.3, -0.25) is 15.2 Å². The molecule has 0 aromatic heterocycles. The first-order valence-electron chi connectivity index (χ1n) is 4.20. The molecule has 0 saturated carbocycles. The number of hydrogen-bond donors (Lipinski definition) is 3. The summed E-state index contributed by atoms with van der Waals surface area (Å²) in [6.07, 6.45) is -0.800. The number of nitrogens with zero attached hydrogens (tertiary/aromatic N) is 1. The molecule has 0 radical (unpaired) electrons. The minimum absolute atomic E-state index is 1.11. The van der Waals surface area contributed by atoms with Gasteiger partial charge < -0.3 is 15.0 Å². The lowest BCUT2D eigenvalue weighted by molar-refractivity contribution is -0.523. The fourth-order valence-corrected chi connectivity index (χ4v) is 1.41. The predicted octanol–water partition coefficient (Wildman–Crippen LogP) is -2.16. The standard InChI is InChI=1S/C6H11N3.CH2O3/c1-2-7-6-8-3-5-9(6)4-1;2-1(3)4/h1-5H2,(H,7,8);(H2,2,3,4). The third-order valence-electron chi connectivity index (χ3n) is 1.89. The van der Waals surface area contributed by atoms with Crippen LogP contribution in [0.3, 0.4) is 0 Å². The number of carbonyl (C=O) groups is 1. The summed E-state index contributed by atoms with van der Waals surface area (Å²) in [5.74, 6) is 1.25. The van der Waals surface area contributed by atoms with E-state index in [4.69, 9.17) is 15.0 Å². The monoisotopic (exact) mass is 187 g/mol. The molecule has 0 fully saturated rings. The van der Waals surface area contributed by atoms with E-state index in [1.54, 1.807) is 0 Å². The zero-order valence-corrected chi connectivity index (χ0v) is 7.25. The normalized spacial score (nSPS) is 19.1. The van der Waals surface area contributed by atoms with Crippen LogP contribution in [0.2, 0.25) is 0 Å². The van der Waals surface area contributed by atoms with Crippen molar-refractivity contribution >= 4 is 12.1 Å². The smallest absolute Gasteiger partial charge is 0.345 e. The van der Waals surface area contributed by atoms with Crippen LogP contribution in [0.4, 0.5) is 4.79 Å². The van der Waals surface area contributed by atoms with E-state index in [1.165, 1.54) is 25.5 Å². The van der Waals surface area contributed by atoms with Crippen LogP contribution < -0.4 is 15.7 Å². The number of carboxylic acid groups (broad SMARTS) is 2. The van der Waals surface area contributed by atoms with Gasteiger partial charge in [-0.15, -0.1) is 0 Å². The Labute approximate surface area is 75.9 Å². The van der Waals surface area contributed by atoms with Gasteiger partial charge in [-0.1, -0.05) is 0 Å². The zero-order chi connectivity index (χ0) is 9.68. The molecule has 0 unspecified atom stereocenters. The molecule has 0 aliphatic carbocycles. The number of rotatable bonds is 0. The average Bonchev–Trinajstić information content (AvgIpc) is 2.49. The van der Waals surface area contributed by atoms with Crippen LogP contribution in [-0.2, 0) is 0 Å². The lowest BCUT2D eigenvalue weighted by atomic mass is 10.4. The van der Waals surface area contributed by atoms with Gasteiger partial charge in [0.2, 0.25) is 6.16 Å². The van der Waals surface area contributed by atoms with Gasteiger partial charge in [0.1, 0.15) is 0 Å². The Morgan fingerprint density at radius 2 is 2.00 bits per heavy atom. The molecule has 2 aliphatic rings. The summed E-state index contributed by atoms with van der Waals surface area (Å²) in [7, 11) is 0. The van der Waals surface area contributed by atoms with Gasteiger partial charge >= 0.3 is 5.96 Å². The Morgan fingerprint density at radius 1 is 1.38 bits per heavy atom. The summed E-state index contributed by atoms with van der Waals surface area (Å²) in [5, 5.41) is 21.9. The minimum atomic E-state index is -2.08. The van der Waals surface area contributed by atoms with E-state index in [1.807, 2.05) is 0 Å². The third-order valence-corrected chi connectivity index (χ3v) is 1.89. The first kappa shape index (κ1) is 9.63. The summed E-state index contributed by atoms with van der Waals surface area (Å²) >= 11 is 0. The van der Waals surface area contributed by atoms with E-state index in [2.05, 4.69) is 15.2 Å². The van der Waals surface area contributed by atoms with E-state index < -0.39 is 6.16 Å². The van der Waals surface area contributed by atoms with Crippen molar-refractivity contribution in [3.8, 4) is 0 Å². The molecule has 0 aromatic rings. The number of hydrogen-bond acceptors (Lipinski definition) is 4. The van der Waals surface area contributed by atoms with Crippen molar-refractivity contribution in [3.63, 3.8) is 0 Å². The molecule has 0 bridgehead atoms. The average molecular weight is 187 g/mol. The van der Waals surface area contributed by atoms with Gasteiger partial charge in [-0.2, -0.15) is 0 Å². The van der Waals surface area contributed by atoms with Crippen molar-refractivity contribution in [1.82, 2.24) is 10.6 Å². The molecule has 6 heteroatoms. The van der Waals surface area contributed by atoms with Crippen LogP contribution in [0.5, 0.6) is 0 Å². The van der Waals surface area contributed by atoms with Gasteiger partial charge in [-0.25, -0.2) is 0 Å². The molecule has 3 N–H and O–H groups in total. The fourth-order valence-electron chi connectivity index (χ4n) is 1.41. The summed E-state index contributed by atoms with van der Waals surface area (Å²) in [4.78, 5) is 8.44. The second kappa shape index (κ2) is 4.54. The molecule has 2 aliphatic heterocycles. The quantitative estimate of drug-likeness (QED) is 0.376. The summed E-state index contributed by atoms with van der Waals surface area (Å²) in [6.45, 7) is 4.67. The van der Waals surface area contributed by atoms with Crippen LogP contribution in [0.25, 0.3) is 0 Å². The molecule has 74 valence electrons. The molecule has 0 spiro atoms. The van der Waals surface area contributed by atoms with Crippen molar-refractivity contribution in [2.45, 2.75) is 6.42 Å². The Hall–Kier alpha value is -1.46. The van der Waals surface area contributed by atoms with Crippen LogP contribution >= 0.6 is 0 Å². The summed E-state index contributed by atoms with van der Waals surface area (Å²) < 4.78 is 2.36. The van der Waals surface area contributed by atoms with Crippen molar-refractivity contribution in [2.24, 2.45) is 0 Å². The summed E-state index contributed by atoms with van der Waals surface area (Å²) in [5.41, 5.74) is 0. The van der Waals surface area contributed by atoms with Crippen LogP contribution in [0.15, 0.2) is 0 Å². The van der Waals surface area contributed by atoms with E-state index in [9.17, 15) is 0 Å². The Kier molecular flexibility index (Phi) is 3.36. The Balaban J connectivity index is 0.000000184. The van der Waals surface area contributed by atoms with Gasteiger partial charge in [0.25, 0.3) is 0 Å². The van der Waals surface area contributed by atoms with Crippen LogP contribution in [-0.4, -0.2) is 48.0 Å². The van der Waals surface area contributed by atoms with Gasteiger partial charge in [0, 0.05) is 6.42 Å². The van der Waals surface area contributed by atoms with Gasteiger partial charge in [-0.05, 0) is 0 Å². The van der Waals surface area contributed by atoms with E-state index >= 15 is 0 Å². The molecule has 6 nitrogen and oxygen atoms in total. The first-order chi connectivity index (χ1) is 6.20. The second-order valence-electron chi connectivity index (χ2n) is 2.81. The van der Waals surface area contributed by atoms with Crippen LogP contribution in [0, 0.1) is 0 Å². The van der Waals surface area contributed by atoms with Crippen molar-refractivity contribution in [2.75, 3.05) is 26.2 Å². The van der Waals surface area contributed by atoms with Crippen molar-refractivity contribution in [1.29, 1.82) is 0 Å². The van der Waals surface area contributed by atoms with Gasteiger partial charge in [0.05, 0.1) is 26.2 Å². The molecular formula is C7H13N3O3. The van der Waals surface area contributed by atoms with E-state index in [0.29, 0.717) is 0 Å². The van der Waals surface area contributed by atoms with Gasteiger partial charge in [0.15, 0.2) is 0 Å². The van der Waals surface area contributed by atoms with Crippen LogP contribution in [0.1, 0.15) is 6.42 Å². The topological polar surface area (TPSA) is 87.4 Å². The molecule has 0 saturated heterocycles. The lowest BCUT2D eigenvalue weighted by Crippen LogP contribution is -2.42. The van der Waals surface area contributed by atoms with Crippen molar-refractivity contribution < 1.29 is 19.6 Å². The highest BCUT2D eigenvalue weighted by Gasteiger charge is 2.21. The molecular weight excluding hydrogens is 174 g/mol. The number of nitrogens with one attached hydrogen (secondary N) is 2. The highest BCUT2D eigenvalue weighted by Crippen LogP contribution is 1.92.